The fraction of sp³-hybridized carbons (Fsp3) is 0.0476. The van der Waals surface area contributed by atoms with Gasteiger partial charge in [-0.1, -0.05) is 0 Å². The number of anilines is 2. The molecule has 0 saturated heterocycles. The zero-order valence-corrected chi connectivity index (χ0v) is 18.8. The van der Waals surface area contributed by atoms with E-state index in [0.29, 0.717) is 0 Å². The molecule has 0 amide bonds. The van der Waals surface area contributed by atoms with Gasteiger partial charge in [-0.3, -0.25) is 9.44 Å². The molecule has 0 aliphatic rings. The predicted molar refractivity (Wildman–Crippen MR) is 117 cm³/mol. The number of nitrogens with zero attached hydrogens (tertiary/aromatic N) is 2. The van der Waals surface area contributed by atoms with Crippen LogP contribution in [0.15, 0.2) is 64.4 Å². The fourth-order valence-corrected chi connectivity index (χ4v) is 5.20. The van der Waals surface area contributed by atoms with Gasteiger partial charge in [-0.2, -0.15) is 10.5 Å². The molecule has 0 fully saturated rings. The topological polar surface area (TPSA) is 149 Å². The Morgan fingerprint density at radius 2 is 1.26 bits per heavy atom. The SMILES string of the molecule is COc1ccc(S(=O)(=O)Nc2ccc(C#N)cc2F)cc1S(=O)(=O)Nc1ccc(C#N)cc1F. The molecule has 34 heavy (non-hydrogen) atoms. The lowest BCUT2D eigenvalue weighted by molar-refractivity contribution is 0.402. The van der Waals surface area contributed by atoms with E-state index >= 15 is 0 Å². The number of methoxy groups -OCH3 is 1. The second-order valence-electron chi connectivity index (χ2n) is 6.64. The molecule has 0 aliphatic carbocycles. The fourth-order valence-electron chi connectivity index (χ4n) is 2.77. The highest BCUT2D eigenvalue weighted by atomic mass is 32.2. The molecule has 0 aliphatic heterocycles. The van der Waals surface area contributed by atoms with Gasteiger partial charge in [-0.05, 0) is 54.6 Å². The van der Waals surface area contributed by atoms with E-state index < -0.39 is 52.8 Å². The van der Waals surface area contributed by atoms with E-state index in [1.54, 1.807) is 12.1 Å². The molecule has 9 nitrogen and oxygen atoms in total. The quantitative estimate of drug-likeness (QED) is 0.501. The molecule has 0 atom stereocenters. The van der Waals surface area contributed by atoms with Crippen LogP contribution < -0.4 is 14.2 Å². The van der Waals surface area contributed by atoms with Gasteiger partial charge in [-0.25, -0.2) is 25.6 Å². The molecule has 0 radical (unpaired) electrons. The van der Waals surface area contributed by atoms with Crippen molar-refractivity contribution in [1.82, 2.24) is 0 Å². The van der Waals surface area contributed by atoms with Crippen molar-refractivity contribution < 1.29 is 30.4 Å². The van der Waals surface area contributed by atoms with Crippen molar-refractivity contribution in [3.05, 3.63) is 77.4 Å². The Balaban J connectivity index is 2.01. The van der Waals surface area contributed by atoms with Crippen LogP contribution >= 0.6 is 0 Å². The zero-order chi connectivity index (χ0) is 25.1. The summed E-state index contributed by atoms with van der Waals surface area (Å²) in [5.41, 5.74) is -1.00. The van der Waals surface area contributed by atoms with E-state index in [0.717, 1.165) is 49.6 Å². The summed E-state index contributed by atoms with van der Waals surface area (Å²) in [6, 6.07) is 12.4. The van der Waals surface area contributed by atoms with Crippen molar-refractivity contribution in [2.24, 2.45) is 0 Å². The highest BCUT2D eigenvalue weighted by Crippen LogP contribution is 2.30. The molecule has 13 heteroatoms. The molecule has 0 spiro atoms. The third-order valence-corrected chi connectivity index (χ3v) is 7.17. The normalized spacial score (nSPS) is 11.2. The zero-order valence-electron chi connectivity index (χ0n) is 17.2. The van der Waals surface area contributed by atoms with Crippen LogP contribution in [0.4, 0.5) is 20.2 Å². The number of hydrogen-bond donors (Lipinski definition) is 2. The van der Waals surface area contributed by atoms with Crippen LogP contribution in [-0.4, -0.2) is 23.9 Å². The number of benzene rings is 3. The van der Waals surface area contributed by atoms with Gasteiger partial charge < -0.3 is 4.74 Å². The number of rotatable bonds is 7. The molecule has 2 N–H and O–H groups in total. The van der Waals surface area contributed by atoms with Gasteiger partial charge >= 0.3 is 0 Å². The molecule has 3 aromatic carbocycles. The Morgan fingerprint density at radius 3 is 1.71 bits per heavy atom. The van der Waals surface area contributed by atoms with E-state index in [9.17, 15) is 25.6 Å². The Kier molecular flexibility index (Phi) is 6.72. The van der Waals surface area contributed by atoms with Crippen molar-refractivity contribution in [1.29, 1.82) is 10.5 Å². The number of nitrogens with one attached hydrogen (secondary N) is 2. The van der Waals surface area contributed by atoms with Crippen LogP contribution in [0.3, 0.4) is 0 Å². The third kappa shape index (κ3) is 5.06. The number of halogens is 2. The van der Waals surface area contributed by atoms with Gasteiger partial charge in [0.2, 0.25) is 0 Å². The standard InChI is InChI=1S/C21H14F2N4O5S2/c1-32-20-7-4-15(33(28,29)26-18-5-2-13(11-24)8-16(18)22)10-21(20)34(30,31)27-19-6-3-14(12-25)9-17(19)23/h2-10,26-27H,1H3. The van der Waals surface area contributed by atoms with Crippen molar-refractivity contribution in [3.8, 4) is 17.9 Å². The summed E-state index contributed by atoms with van der Waals surface area (Å²) >= 11 is 0. The third-order valence-electron chi connectivity index (χ3n) is 4.42. The van der Waals surface area contributed by atoms with E-state index in [1.807, 2.05) is 9.44 Å². The summed E-state index contributed by atoms with van der Waals surface area (Å²) in [5, 5.41) is 17.6. The molecular weight excluding hydrogens is 490 g/mol. The molecule has 0 aromatic heterocycles. The molecular formula is C21H14F2N4O5S2. The van der Waals surface area contributed by atoms with Crippen molar-refractivity contribution in [3.63, 3.8) is 0 Å². The lowest BCUT2D eigenvalue weighted by atomic mass is 10.2. The molecule has 0 unspecified atom stereocenters. The summed E-state index contributed by atoms with van der Waals surface area (Å²) in [5.74, 6) is -2.28. The van der Waals surface area contributed by atoms with Gasteiger partial charge in [0, 0.05) is 0 Å². The molecule has 0 heterocycles. The predicted octanol–water partition coefficient (Wildman–Crippen LogP) is 3.32. The van der Waals surface area contributed by atoms with Crippen molar-refractivity contribution in [2.75, 3.05) is 16.6 Å². The van der Waals surface area contributed by atoms with Gasteiger partial charge in [0.15, 0.2) is 0 Å². The monoisotopic (exact) mass is 504 g/mol. The lowest BCUT2D eigenvalue weighted by Gasteiger charge is -2.15. The van der Waals surface area contributed by atoms with E-state index in [2.05, 4.69) is 0 Å². The maximum Gasteiger partial charge on any atom is 0.265 e. The number of hydrogen-bond acceptors (Lipinski definition) is 7. The second-order valence-corrected chi connectivity index (χ2v) is 9.97. The highest BCUT2D eigenvalue weighted by molar-refractivity contribution is 7.93. The first-order chi connectivity index (χ1) is 16.0. The summed E-state index contributed by atoms with van der Waals surface area (Å²) in [6.45, 7) is 0. The average molecular weight is 504 g/mol. The largest absolute Gasteiger partial charge is 0.495 e. The van der Waals surface area contributed by atoms with Gasteiger partial charge in [0.05, 0.1) is 46.6 Å². The highest BCUT2D eigenvalue weighted by Gasteiger charge is 2.26. The van der Waals surface area contributed by atoms with Crippen LogP contribution in [0, 0.1) is 34.3 Å². The summed E-state index contributed by atoms with van der Waals surface area (Å²) in [7, 11) is -7.91. The first-order valence-electron chi connectivity index (χ1n) is 9.13. The first kappa shape index (κ1) is 24.4. The molecule has 3 rings (SSSR count). The van der Waals surface area contributed by atoms with E-state index in [1.165, 1.54) is 12.1 Å². The van der Waals surface area contributed by atoms with Crippen molar-refractivity contribution in [2.45, 2.75) is 9.79 Å². The summed E-state index contributed by atoms with van der Waals surface area (Å²) in [4.78, 5) is -1.19. The smallest absolute Gasteiger partial charge is 0.265 e. The Hall–Kier alpha value is -4.20. The van der Waals surface area contributed by atoms with Gasteiger partial charge in [0.25, 0.3) is 20.0 Å². The molecule has 0 saturated carbocycles. The second kappa shape index (κ2) is 9.35. The number of ether oxygens (including phenoxy) is 1. The minimum Gasteiger partial charge on any atom is -0.495 e. The average Bonchev–Trinajstić information content (AvgIpc) is 2.81. The van der Waals surface area contributed by atoms with Crippen LogP contribution in [-0.2, 0) is 20.0 Å². The van der Waals surface area contributed by atoms with Crippen LogP contribution in [0.1, 0.15) is 11.1 Å². The number of nitriles is 2. The summed E-state index contributed by atoms with van der Waals surface area (Å²) < 4.78 is 88.7. The minimum atomic E-state index is -4.57. The van der Waals surface area contributed by atoms with Gasteiger partial charge in [0.1, 0.15) is 22.3 Å². The summed E-state index contributed by atoms with van der Waals surface area (Å²) in [6.07, 6.45) is 0. The maximum absolute atomic E-state index is 14.2. The van der Waals surface area contributed by atoms with E-state index in [-0.39, 0.29) is 16.9 Å². The van der Waals surface area contributed by atoms with Crippen molar-refractivity contribution >= 4 is 31.4 Å². The maximum atomic E-state index is 14.2. The number of sulfonamides is 2. The molecule has 3 aromatic rings. The lowest BCUT2D eigenvalue weighted by Crippen LogP contribution is -2.18. The van der Waals surface area contributed by atoms with Crippen LogP contribution in [0.5, 0.6) is 5.75 Å². The van der Waals surface area contributed by atoms with Crippen LogP contribution in [0.25, 0.3) is 0 Å². The molecule has 0 bridgehead atoms. The minimum absolute atomic E-state index is 0.0283. The van der Waals surface area contributed by atoms with E-state index in [4.69, 9.17) is 15.3 Å². The Bertz CT molecular complexity index is 1580. The van der Waals surface area contributed by atoms with Crippen LogP contribution in [0.2, 0.25) is 0 Å². The Labute approximate surface area is 193 Å². The molecule has 174 valence electrons. The van der Waals surface area contributed by atoms with Gasteiger partial charge in [-0.15, -0.1) is 0 Å². The Morgan fingerprint density at radius 1 is 0.765 bits per heavy atom. The first-order valence-corrected chi connectivity index (χ1v) is 12.1.